The molecule has 0 aromatic heterocycles. The van der Waals surface area contributed by atoms with Crippen molar-refractivity contribution in [1.29, 1.82) is 0 Å². The van der Waals surface area contributed by atoms with Gasteiger partial charge in [-0.25, -0.2) is 0 Å². The molecule has 0 N–H and O–H groups in total. The number of hydrogen-bond donors (Lipinski definition) is 0. The Hall–Kier alpha value is 0.330. The highest BCUT2D eigenvalue weighted by Crippen LogP contribution is 2.34. The zero-order chi connectivity index (χ0) is 12.1. The topological polar surface area (TPSA) is 26.3 Å². The number of thioether (sulfide) groups is 2. The fraction of sp³-hybridized carbons (Fsp3) is 0.923. The largest absolute Gasteiger partial charge is 0.378 e. The SMILES string of the molecule is CCC1SCCSC1C(=O)CCC1CCCO1. The van der Waals surface area contributed by atoms with Gasteiger partial charge in [0.2, 0.25) is 0 Å². The predicted molar refractivity (Wildman–Crippen MR) is 76.0 cm³/mol. The molecule has 2 rings (SSSR count). The van der Waals surface area contributed by atoms with Crippen LogP contribution in [0.3, 0.4) is 0 Å². The molecule has 0 radical (unpaired) electrons. The first-order chi connectivity index (χ1) is 8.31. The third-order valence-electron chi connectivity index (χ3n) is 3.51. The average molecular weight is 274 g/mol. The zero-order valence-corrected chi connectivity index (χ0v) is 12.2. The lowest BCUT2D eigenvalue weighted by atomic mass is 10.0. The van der Waals surface area contributed by atoms with Gasteiger partial charge in [-0.05, 0) is 25.7 Å². The van der Waals surface area contributed by atoms with Crippen LogP contribution in [0.2, 0.25) is 0 Å². The molecule has 2 saturated heterocycles. The van der Waals surface area contributed by atoms with E-state index in [2.05, 4.69) is 6.92 Å². The van der Waals surface area contributed by atoms with Crippen LogP contribution in [-0.4, -0.2) is 40.5 Å². The molecule has 0 aliphatic carbocycles. The van der Waals surface area contributed by atoms with Crippen LogP contribution in [0.15, 0.2) is 0 Å². The summed E-state index contributed by atoms with van der Waals surface area (Å²) >= 11 is 3.86. The van der Waals surface area contributed by atoms with Gasteiger partial charge < -0.3 is 4.74 Å². The Balaban J connectivity index is 1.76. The summed E-state index contributed by atoms with van der Waals surface area (Å²) in [6, 6.07) is 0. The van der Waals surface area contributed by atoms with Gasteiger partial charge in [0.1, 0.15) is 5.78 Å². The van der Waals surface area contributed by atoms with E-state index in [1.54, 1.807) is 0 Å². The Bertz CT molecular complexity index is 252. The maximum Gasteiger partial charge on any atom is 0.147 e. The van der Waals surface area contributed by atoms with Crippen LogP contribution in [0.25, 0.3) is 0 Å². The standard InChI is InChI=1S/C13H22O2S2/c1-2-12-13(17-9-8-16-12)11(14)6-5-10-4-3-7-15-10/h10,12-13H,2-9H2,1H3. The van der Waals surface area contributed by atoms with Crippen molar-refractivity contribution in [1.82, 2.24) is 0 Å². The van der Waals surface area contributed by atoms with Crippen molar-refractivity contribution in [2.45, 2.75) is 55.6 Å². The van der Waals surface area contributed by atoms with E-state index in [0.29, 0.717) is 17.1 Å². The number of hydrogen-bond acceptors (Lipinski definition) is 4. The molecule has 0 bridgehead atoms. The van der Waals surface area contributed by atoms with E-state index in [0.717, 1.165) is 38.0 Å². The van der Waals surface area contributed by atoms with Crippen LogP contribution >= 0.6 is 23.5 Å². The highest BCUT2D eigenvalue weighted by atomic mass is 32.2. The summed E-state index contributed by atoms with van der Waals surface area (Å²) in [7, 11) is 0. The van der Waals surface area contributed by atoms with E-state index in [-0.39, 0.29) is 5.25 Å². The Morgan fingerprint density at radius 2 is 2.18 bits per heavy atom. The molecule has 98 valence electrons. The van der Waals surface area contributed by atoms with Gasteiger partial charge in [0, 0.05) is 29.8 Å². The van der Waals surface area contributed by atoms with Crippen LogP contribution in [0, 0.1) is 0 Å². The van der Waals surface area contributed by atoms with Gasteiger partial charge in [0.25, 0.3) is 0 Å². The number of ketones is 1. The third kappa shape index (κ3) is 3.90. The van der Waals surface area contributed by atoms with Gasteiger partial charge in [-0.15, -0.1) is 11.8 Å². The normalized spacial score (nSPS) is 33.8. The molecule has 2 aliphatic rings. The summed E-state index contributed by atoms with van der Waals surface area (Å²) in [4.78, 5) is 12.2. The first-order valence-electron chi connectivity index (χ1n) is 6.68. The number of ether oxygens (including phenoxy) is 1. The maximum absolute atomic E-state index is 12.2. The van der Waals surface area contributed by atoms with Crippen molar-refractivity contribution in [3.8, 4) is 0 Å². The molecule has 2 fully saturated rings. The lowest BCUT2D eigenvalue weighted by molar-refractivity contribution is -0.119. The molecule has 2 heterocycles. The second-order valence-corrected chi connectivity index (χ2v) is 7.35. The summed E-state index contributed by atoms with van der Waals surface area (Å²) < 4.78 is 5.58. The molecule has 0 aromatic rings. The molecule has 0 aromatic carbocycles. The smallest absolute Gasteiger partial charge is 0.147 e. The molecule has 0 spiro atoms. The van der Waals surface area contributed by atoms with Gasteiger partial charge in [0.05, 0.1) is 11.4 Å². The van der Waals surface area contributed by atoms with Crippen molar-refractivity contribution in [2.24, 2.45) is 0 Å². The van der Waals surface area contributed by atoms with E-state index in [1.165, 1.54) is 12.2 Å². The maximum atomic E-state index is 12.2. The monoisotopic (exact) mass is 274 g/mol. The first-order valence-corrected chi connectivity index (χ1v) is 8.78. The Morgan fingerprint density at radius 1 is 1.35 bits per heavy atom. The predicted octanol–water partition coefficient (Wildman–Crippen LogP) is 3.14. The van der Waals surface area contributed by atoms with E-state index in [1.807, 2.05) is 23.5 Å². The fourth-order valence-corrected chi connectivity index (χ4v) is 5.59. The number of rotatable bonds is 5. The van der Waals surface area contributed by atoms with Gasteiger partial charge in [-0.2, -0.15) is 11.8 Å². The molecule has 3 atom stereocenters. The molecular formula is C13H22O2S2. The summed E-state index contributed by atoms with van der Waals surface area (Å²) in [6.07, 6.45) is 5.46. The minimum Gasteiger partial charge on any atom is -0.378 e. The second kappa shape index (κ2) is 7.05. The third-order valence-corrected chi connectivity index (χ3v) is 6.80. The van der Waals surface area contributed by atoms with E-state index < -0.39 is 0 Å². The molecule has 17 heavy (non-hydrogen) atoms. The van der Waals surface area contributed by atoms with Crippen molar-refractivity contribution in [3.63, 3.8) is 0 Å². The zero-order valence-electron chi connectivity index (χ0n) is 10.5. The van der Waals surface area contributed by atoms with Crippen molar-refractivity contribution in [2.75, 3.05) is 18.1 Å². The Morgan fingerprint density at radius 3 is 2.88 bits per heavy atom. The number of carbonyl (C=O) groups excluding carboxylic acids is 1. The summed E-state index contributed by atoms with van der Waals surface area (Å²) in [5, 5.41) is 0.797. The molecule has 0 amide bonds. The minimum absolute atomic E-state index is 0.250. The number of Topliss-reactive ketones (excluding diaryl/α,β-unsaturated/α-hetero) is 1. The fourth-order valence-electron chi connectivity index (χ4n) is 2.52. The first kappa shape index (κ1) is 13.8. The van der Waals surface area contributed by atoms with E-state index in [9.17, 15) is 4.79 Å². The van der Waals surface area contributed by atoms with Crippen LogP contribution in [-0.2, 0) is 9.53 Å². The number of carbonyl (C=O) groups is 1. The second-order valence-electron chi connectivity index (χ2n) is 4.75. The summed E-state index contributed by atoms with van der Waals surface area (Å²) in [5.74, 6) is 2.81. The molecule has 3 unspecified atom stereocenters. The van der Waals surface area contributed by atoms with Gasteiger partial charge in [-0.1, -0.05) is 6.92 Å². The van der Waals surface area contributed by atoms with Gasteiger partial charge >= 0.3 is 0 Å². The Labute approximate surface area is 113 Å². The van der Waals surface area contributed by atoms with Crippen molar-refractivity contribution >= 4 is 29.3 Å². The van der Waals surface area contributed by atoms with Crippen LogP contribution < -0.4 is 0 Å². The highest BCUT2D eigenvalue weighted by molar-refractivity contribution is 8.07. The molecule has 2 nitrogen and oxygen atoms in total. The molecule has 0 saturated carbocycles. The van der Waals surface area contributed by atoms with Crippen LogP contribution in [0.5, 0.6) is 0 Å². The average Bonchev–Trinajstić information content (AvgIpc) is 2.89. The quantitative estimate of drug-likeness (QED) is 0.769. The molecular weight excluding hydrogens is 252 g/mol. The van der Waals surface area contributed by atoms with E-state index >= 15 is 0 Å². The van der Waals surface area contributed by atoms with E-state index in [4.69, 9.17) is 4.74 Å². The lowest BCUT2D eigenvalue weighted by Crippen LogP contribution is -2.33. The van der Waals surface area contributed by atoms with Crippen LogP contribution in [0.4, 0.5) is 0 Å². The molecule has 2 aliphatic heterocycles. The molecule has 4 heteroatoms. The Kier molecular flexibility index (Phi) is 5.70. The van der Waals surface area contributed by atoms with Crippen molar-refractivity contribution < 1.29 is 9.53 Å². The summed E-state index contributed by atoms with van der Waals surface area (Å²) in [5.41, 5.74) is 0. The van der Waals surface area contributed by atoms with Crippen LogP contribution in [0.1, 0.15) is 39.0 Å². The minimum atomic E-state index is 0.250. The van der Waals surface area contributed by atoms with Crippen molar-refractivity contribution in [3.05, 3.63) is 0 Å². The lowest BCUT2D eigenvalue weighted by Gasteiger charge is -2.29. The summed E-state index contributed by atoms with van der Waals surface area (Å²) in [6.45, 7) is 3.09. The highest BCUT2D eigenvalue weighted by Gasteiger charge is 2.31. The van der Waals surface area contributed by atoms with Gasteiger partial charge in [0.15, 0.2) is 0 Å². The van der Waals surface area contributed by atoms with Gasteiger partial charge in [-0.3, -0.25) is 4.79 Å².